The van der Waals surface area contributed by atoms with E-state index in [0.29, 0.717) is 0 Å². The summed E-state index contributed by atoms with van der Waals surface area (Å²) < 4.78 is 0. The van der Waals surface area contributed by atoms with Crippen LogP contribution in [0.5, 0.6) is 0 Å². The van der Waals surface area contributed by atoms with Gasteiger partial charge in [0.25, 0.3) is 0 Å². The quantitative estimate of drug-likeness (QED) is 0.330. The Morgan fingerprint density at radius 3 is 2.20 bits per heavy atom. The largest absolute Gasteiger partial charge is 0.359 e. The van der Waals surface area contributed by atoms with Gasteiger partial charge in [-0.1, -0.05) is 0 Å². The summed E-state index contributed by atoms with van der Waals surface area (Å²) in [6, 6.07) is 0. The Hall–Kier alpha value is -1.10. The fraction of sp³-hybridized carbons (Fsp3) is 0.600. The minimum atomic E-state index is -0.346. The summed E-state index contributed by atoms with van der Waals surface area (Å²) in [5.41, 5.74) is 4.68. The summed E-state index contributed by atoms with van der Waals surface area (Å²) in [6.07, 6.45) is -0.142. The lowest BCUT2D eigenvalue weighted by molar-refractivity contribution is -0.129. The van der Waals surface area contributed by atoms with E-state index < -0.39 is 0 Å². The number of hydrogen-bond donors (Lipinski definition) is 3. The summed E-state index contributed by atoms with van der Waals surface area (Å²) in [5.74, 6) is -0.644. The first-order valence-corrected chi connectivity index (χ1v) is 2.87. The van der Waals surface area contributed by atoms with Crippen LogP contribution in [0.3, 0.4) is 0 Å². The highest BCUT2D eigenvalue weighted by atomic mass is 16.2. The van der Waals surface area contributed by atoms with E-state index in [1.165, 1.54) is 7.05 Å². The molecule has 0 aromatic carbocycles. The molecule has 0 heterocycles. The Morgan fingerprint density at radius 1 is 1.20 bits per heavy atom. The molecule has 0 aliphatic carbocycles. The molecule has 5 nitrogen and oxygen atoms in total. The Bertz CT molecular complexity index is 135. The molecule has 0 aromatic rings. The topological polar surface area (TPSA) is 70.2 Å². The number of hydrazine groups is 1. The molecule has 0 saturated carbocycles. The van der Waals surface area contributed by atoms with Crippen LogP contribution in [0.2, 0.25) is 0 Å². The van der Waals surface area contributed by atoms with E-state index in [1.54, 1.807) is 7.05 Å². The smallest absolute Gasteiger partial charge is 0.243 e. The van der Waals surface area contributed by atoms with Crippen molar-refractivity contribution >= 4 is 11.8 Å². The molecule has 5 heteroatoms. The molecule has 0 atom stereocenters. The molecule has 0 radical (unpaired) electrons. The Balaban J connectivity index is 3.47. The Kier molecular flexibility index (Phi) is 4.23. The van der Waals surface area contributed by atoms with Gasteiger partial charge in [-0.2, -0.15) is 0 Å². The van der Waals surface area contributed by atoms with Gasteiger partial charge in [-0.15, -0.1) is 0 Å². The normalized spacial score (nSPS) is 8.60. The van der Waals surface area contributed by atoms with Crippen molar-refractivity contribution in [1.29, 1.82) is 0 Å². The van der Waals surface area contributed by atoms with Crippen LogP contribution in [0.1, 0.15) is 6.42 Å². The van der Waals surface area contributed by atoms with Crippen LogP contribution in [-0.4, -0.2) is 25.9 Å². The van der Waals surface area contributed by atoms with Gasteiger partial charge in [0.2, 0.25) is 11.8 Å². The van der Waals surface area contributed by atoms with Gasteiger partial charge in [-0.05, 0) is 0 Å². The minimum Gasteiger partial charge on any atom is -0.359 e. The first-order chi connectivity index (χ1) is 4.70. The predicted octanol–water partition coefficient (Wildman–Crippen LogP) is -1.63. The lowest BCUT2D eigenvalue weighted by Gasteiger charge is -2.00. The molecule has 0 rings (SSSR count). The highest BCUT2D eigenvalue weighted by molar-refractivity contribution is 5.96. The van der Waals surface area contributed by atoms with Gasteiger partial charge >= 0.3 is 0 Å². The summed E-state index contributed by atoms with van der Waals surface area (Å²) in [4.78, 5) is 21.1. The molecular weight excluding hydrogens is 134 g/mol. The van der Waals surface area contributed by atoms with Crippen molar-refractivity contribution in [2.45, 2.75) is 6.42 Å². The molecule has 3 N–H and O–H groups in total. The number of rotatable bonds is 3. The molecule has 0 aromatic heterocycles. The highest BCUT2D eigenvalue weighted by Gasteiger charge is 2.04. The molecule has 10 heavy (non-hydrogen) atoms. The summed E-state index contributed by atoms with van der Waals surface area (Å²) >= 11 is 0. The number of amides is 2. The number of carbonyl (C=O) groups is 2. The van der Waals surface area contributed by atoms with Gasteiger partial charge in [-0.3, -0.25) is 15.0 Å². The number of nitrogens with one attached hydrogen (secondary N) is 3. The average Bonchev–Trinajstić information content (AvgIpc) is 1.88. The fourth-order valence-electron chi connectivity index (χ4n) is 0.418. The average molecular weight is 145 g/mol. The summed E-state index contributed by atoms with van der Waals surface area (Å²) in [5, 5.41) is 2.33. The van der Waals surface area contributed by atoms with Crippen LogP contribution in [-0.2, 0) is 9.59 Å². The first kappa shape index (κ1) is 8.90. The second-order valence-electron chi connectivity index (χ2n) is 1.65. The molecule has 0 spiro atoms. The van der Waals surface area contributed by atoms with Gasteiger partial charge in [0.1, 0.15) is 6.42 Å². The summed E-state index contributed by atoms with van der Waals surface area (Å²) in [7, 11) is 3.04. The fourth-order valence-corrected chi connectivity index (χ4v) is 0.418. The van der Waals surface area contributed by atoms with Crippen molar-refractivity contribution < 1.29 is 9.59 Å². The zero-order chi connectivity index (χ0) is 7.98. The van der Waals surface area contributed by atoms with Gasteiger partial charge in [0.15, 0.2) is 0 Å². The molecular formula is C5H11N3O2. The van der Waals surface area contributed by atoms with E-state index in [4.69, 9.17) is 0 Å². The van der Waals surface area contributed by atoms with Crippen LogP contribution in [0.25, 0.3) is 0 Å². The van der Waals surface area contributed by atoms with E-state index in [1.807, 2.05) is 0 Å². The second kappa shape index (κ2) is 4.75. The van der Waals surface area contributed by atoms with Crippen molar-refractivity contribution in [3.8, 4) is 0 Å². The lowest BCUT2D eigenvalue weighted by Crippen LogP contribution is -2.37. The Labute approximate surface area is 59.1 Å². The standard InChI is InChI=1S/C5H11N3O2/c1-6-4(9)3-5(10)8-7-2/h7H,3H2,1-2H3,(H,6,9)(H,8,10). The SMILES string of the molecule is CNNC(=O)CC(=O)NC. The molecule has 2 amide bonds. The third kappa shape index (κ3) is 3.85. The maximum atomic E-state index is 10.6. The maximum Gasteiger partial charge on any atom is 0.243 e. The van der Waals surface area contributed by atoms with Crippen molar-refractivity contribution in [3.63, 3.8) is 0 Å². The maximum absolute atomic E-state index is 10.6. The van der Waals surface area contributed by atoms with Gasteiger partial charge in [0, 0.05) is 14.1 Å². The Morgan fingerprint density at radius 2 is 1.80 bits per heavy atom. The minimum absolute atomic E-state index is 0.142. The highest BCUT2D eigenvalue weighted by Crippen LogP contribution is 1.75. The molecule has 0 unspecified atom stereocenters. The van der Waals surface area contributed by atoms with Gasteiger partial charge < -0.3 is 5.32 Å². The van der Waals surface area contributed by atoms with Gasteiger partial charge in [-0.25, -0.2) is 5.43 Å². The van der Waals surface area contributed by atoms with E-state index in [0.717, 1.165) is 0 Å². The van der Waals surface area contributed by atoms with Crippen molar-refractivity contribution in [2.24, 2.45) is 0 Å². The lowest BCUT2D eigenvalue weighted by atomic mass is 10.4. The van der Waals surface area contributed by atoms with E-state index in [2.05, 4.69) is 16.2 Å². The third-order valence-electron chi connectivity index (χ3n) is 0.864. The zero-order valence-corrected chi connectivity index (χ0v) is 6.02. The number of hydrogen-bond acceptors (Lipinski definition) is 3. The van der Waals surface area contributed by atoms with Crippen LogP contribution >= 0.6 is 0 Å². The van der Waals surface area contributed by atoms with Crippen LogP contribution in [0.15, 0.2) is 0 Å². The molecule has 0 bridgehead atoms. The van der Waals surface area contributed by atoms with E-state index >= 15 is 0 Å². The molecule has 0 aliphatic heterocycles. The van der Waals surface area contributed by atoms with Crippen LogP contribution in [0.4, 0.5) is 0 Å². The van der Waals surface area contributed by atoms with E-state index in [-0.39, 0.29) is 18.2 Å². The second-order valence-corrected chi connectivity index (χ2v) is 1.65. The monoisotopic (exact) mass is 145 g/mol. The van der Waals surface area contributed by atoms with Crippen LogP contribution in [0, 0.1) is 0 Å². The third-order valence-corrected chi connectivity index (χ3v) is 0.864. The van der Waals surface area contributed by atoms with Crippen LogP contribution < -0.4 is 16.2 Å². The molecule has 0 fully saturated rings. The van der Waals surface area contributed by atoms with Gasteiger partial charge in [0.05, 0.1) is 0 Å². The number of carbonyl (C=O) groups excluding carboxylic acids is 2. The molecule has 0 saturated heterocycles. The molecule has 58 valence electrons. The van der Waals surface area contributed by atoms with Crippen molar-refractivity contribution in [1.82, 2.24) is 16.2 Å². The first-order valence-electron chi connectivity index (χ1n) is 2.87. The summed E-state index contributed by atoms with van der Waals surface area (Å²) in [6.45, 7) is 0. The van der Waals surface area contributed by atoms with Crippen molar-refractivity contribution in [2.75, 3.05) is 14.1 Å². The predicted molar refractivity (Wildman–Crippen MR) is 35.9 cm³/mol. The van der Waals surface area contributed by atoms with E-state index in [9.17, 15) is 9.59 Å². The van der Waals surface area contributed by atoms with Crippen molar-refractivity contribution in [3.05, 3.63) is 0 Å². The zero-order valence-electron chi connectivity index (χ0n) is 6.02. The molecule has 0 aliphatic rings.